The van der Waals surface area contributed by atoms with Crippen LogP contribution in [0.15, 0.2) is 5.38 Å². The van der Waals surface area contributed by atoms with Crippen molar-refractivity contribution < 1.29 is 14.7 Å². The number of aromatic nitrogens is 1. The third-order valence-electron chi connectivity index (χ3n) is 2.37. The van der Waals surface area contributed by atoms with Crippen molar-refractivity contribution in [3.8, 4) is 0 Å². The number of nitrogens with zero attached hydrogens (tertiary/aromatic N) is 1. The van der Waals surface area contributed by atoms with Gasteiger partial charge in [0.1, 0.15) is 6.04 Å². The van der Waals surface area contributed by atoms with Crippen molar-refractivity contribution in [3.63, 3.8) is 0 Å². The second kappa shape index (κ2) is 7.20. The maximum absolute atomic E-state index is 11.1. The molecule has 1 atom stereocenters. The summed E-state index contributed by atoms with van der Waals surface area (Å²) in [5.41, 5.74) is 0.726. The zero-order valence-corrected chi connectivity index (χ0v) is 12.1. The van der Waals surface area contributed by atoms with Gasteiger partial charge in [-0.15, -0.1) is 11.3 Å². The number of carboxylic acids is 1. The molecule has 1 rings (SSSR count). The van der Waals surface area contributed by atoms with Gasteiger partial charge in [0.25, 0.3) is 0 Å². The number of hydrogen-bond donors (Lipinski definition) is 3. The summed E-state index contributed by atoms with van der Waals surface area (Å²) in [5, 5.41) is 17.0. The maximum Gasteiger partial charge on any atom is 0.320 e. The molecule has 0 spiro atoms. The van der Waals surface area contributed by atoms with E-state index < -0.39 is 12.0 Å². The molecule has 0 aliphatic heterocycles. The zero-order chi connectivity index (χ0) is 14.4. The molecule has 1 unspecified atom stereocenters. The van der Waals surface area contributed by atoms with Crippen LogP contribution in [0, 0.1) is 5.92 Å². The fourth-order valence-electron chi connectivity index (χ4n) is 1.57. The van der Waals surface area contributed by atoms with Gasteiger partial charge >= 0.3 is 5.97 Å². The molecule has 0 radical (unpaired) electrons. The lowest BCUT2D eigenvalue weighted by molar-refractivity contribution is -0.140. The molecule has 0 bridgehead atoms. The van der Waals surface area contributed by atoms with Crippen molar-refractivity contribution in [2.75, 3.05) is 5.32 Å². The van der Waals surface area contributed by atoms with E-state index in [2.05, 4.69) is 15.6 Å². The van der Waals surface area contributed by atoms with Crippen LogP contribution in [0.5, 0.6) is 0 Å². The highest BCUT2D eigenvalue weighted by Gasteiger charge is 2.18. The number of thiazole rings is 1. The molecule has 0 aromatic carbocycles. The SMILES string of the molecule is CC(=O)Nc1nc(CNC(CC(C)C)C(=O)O)cs1. The van der Waals surface area contributed by atoms with E-state index in [9.17, 15) is 9.59 Å². The van der Waals surface area contributed by atoms with E-state index in [4.69, 9.17) is 5.11 Å². The summed E-state index contributed by atoms with van der Waals surface area (Å²) in [6.45, 7) is 5.76. The highest BCUT2D eigenvalue weighted by atomic mass is 32.1. The Bertz CT molecular complexity index is 445. The van der Waals surface area contributed by atoms with E-state index in [1.807, 2.05) is 13.8 Å². The number of carbonyl (C=O) groups is 2. The number of rotatable bonds is 7. The summed E-state index contributed by atoms with van der Waals surface area (Å²) in [7, 11) is 0. The maximum atomic E-state index is 11.1. The first-order valence-electron chi connectivity index (χ1n) is 6.06. The average molecular weight is 285 g/mol. The van der Waals surface area contributed by atoms with Crippen LogP contribution < -0.4 is 10.6 Å². The number of hydrogen-bond acceptors (Lipinski definition) is 5. The van der Waals surface area contributed by atoms with Gasteiger partial charge in [0.15, 0.2) is 5.13 Å². The fourth-order valence-corrected chi connectivity index (χ4v) is 2.32. The molecule has 7 heteroatoms. The van der Waals surface area contributed by atoms with Gasteiger partial charge in [-0.2, -0.15) is 0 Å². The largest absolute Gasteiger partial charge is 0.480 e. The minimum atomic E-state index is -0.856. The summed E-state index contributed by atoms with van der Waals surface area (Å²) >= 11 is 1.32. The van der Waals surface area contributed by atoms with E-state index in [0.29, 0.717) is 24.0 Å². The molecule has 19 heavy (non-hydrogen) atoms. The zero-order valence-electron chi connectivity index (χ0n) is 11.3. The topological polar surface area (TPSA) is 91.3 Å². The van der Waals surface area contributed by atoms with E-state index >= 15 is 0 Å². The third kappa shape index (κ3) is 5.80. The molecule has 1 aromatic rings. The first kappa shape index (κ1) is 15.6. The predicted molar refractivity (Wildman–Crippen MR) is 74.1 cm³/mol. The Morgan fingerprint density at radius 3 is 2.68 bits per heavy atom. The molecule has 0 saturated carbocycles. The molecule has 1 heterocycles. The van der Waals surface area contributed by atoms with Crippen LogP contribution >= 0.6 is 11.3 Å². The number of nitrogens with one attached hydrogen (secondary N) is 2. The molecule has 1 aromatic heterocycles. The van der Waals surface area contributed by atoms with Crippen LogP contribution in [0.2, 0.25) is 0 Å². The summed E-state index contributed by atoms with van der Waals surface area (Å²) in [6.07, 6.45) is 0.567. The monoisotopic (exact) mass is 285 g/mol. The van der Waals surface area contributed by atoms with E-state index in [0.717, 1.165) is 5.69 Å². The highest BCUT2D eigenvalue weighted by Crippen LogP contribution is 2.15. The lowest BCUT2D eigenvalue weighted by atomic mass is 10.0. The predicted octanol–water partition coefficient (Wildman–Crippen LogP) is 1.69. The van der Waals surface area contributed by atoms with E-state index in [-0.39, 0.29) is 5.91 Å². The molecule has 1 amide bonds. The average Bonchev–Trinajstić information content (AvgIpc) is 2.70. The Labute approximate surface area is 116 Å². The Morgan fingerprint density at radius 2 is 2.16 bits per heavy atom. The second-order valence-corrected chi connectivity index (χ2v) is 5.58. The summed E-state index contributed by atoms with van der Waals surface area (Å²) < 4.78 is 0. The number of amides is 1. The minimum absolute atomic E-state index is 0.169. The van der Waals surface area contributed by atoms with Crippen molar-refractivity contribution in [3.05, 3.63) is 11.1 Å². The molecular weight excluding hydrogens is 266 g/mol. The Hall–Kier alpha value is -1.47. The van der Waals surface area contributed by atoms with Crippen LogP contribution in [-0.4, -0.2) is 28.0 Å². The van der Waals surface area contributed by atoms with Crippen LogP contribution in [-0.2, 0) is 16.1 Å². The van der Waals surface area contributed by atoms with Crippen molar-refractivity contribution in [2.24, 2.45) is 5.92 Å². The second-order valence-electron chi connectivity index (χ2n) is 4.73. The van der Waals surface area contributed by atoms with Gasteiger partial charge in [0.05, 0.1) is 5.69 Å². The summed E-state index contributed by atoms with van der Waals surface area (Å²) in [5.74, 6) is -0.720. The van der Waals surface area contributed by atoms with Gasteiger partial charge in [-0.25, -0.2) is 4.98 Å². The molecule has 0 aliphatic rings. The van der Waals surface area contributed by atoms with Crippen LogP contribution in [0.1, 0.15) is 32.9 Å². The lowest BCUT2D eigenvalue weighted by Gasteiger charge is -2.15. The first-order valence-corrected chi connectivity index (χ1v) is 6.94. The lowest BCUT2D eigenvalue weighted by Crippen LogP contribution is -2.37. The molecular formula is C12H19N3O3S. The Morgan fingerprint density at radius 1 is 1.47 bits per heavy atom. The minimum Gasteiger partial charge on any atom is -0.480 e. The Balaban J connectivity index is 2.52. The normalized spacial score (nSPS) is 12.4. The molecule has 0 fully saturated rings. The van der Waals surface area contributed by atoms with Gasteiger partial charge in [0, 0.05) is 18.8 Å². The fraction of sp³-hybridized carbons (Fsp3) is 0.583. The summed E-state index contributed by atoms with van der Waals surface area (Å²) in [6, 6.07) is -0.578. The standard InChI is InChI=1S/C12H19N3O3S/c1-7(2)4-10(11(17)18)13-5-9-6-19-12(15-9)14-8(3)16/h6-7,10,13H,4-5H2,1-3H3,(H,17,18)(H,14,15,16). The van der Waals surface area contributed by atoms with Gasteiger partial charge < -0.3 is 10.4 Å². The van der Waals surface area contributed by atoms with Crippen molar-refractivity contribution in [2.45, 2.75) is 39.8 Å². The van der Waals surface area contributed by atoms with Gasteiger partial charge in [0.2, 0.25) is 5.91 Å². The molecule has 106 valence electrons. The molecule has 0 aliphatic carbocycles. The van der Waals surface area contributed by atoms with Gasteiger partial charge in [-0.1, -0.05) is 13.8 Å². The van der Waals surface area contributed by atoms with E-state index in [1.54, 1.807) is 5.38 Å². The van der Waals surface area contributed by atoms with E-state index in [1.165, 1.54) is 18.3 Å². The number of carboxylic acid groups (broad SMARTS) is 1. The summed E-state index contributed by atoms with van der Waals surface area (Å²) in [4.78, 5) is 26.1. The van der Waals surface area contributed by atoms with Crippen LogP contribution in [0.4, 0.5) is 5.13 Å². The quantitative estimate of drug-likeness (QED) is 0.709. The van der Waals surface area contributed by atoms with Gasteiger partial charge in [-0.05, 0) is 12.3 Å². The van der Waals surface area contributed by atoms with Crippen molar-refractivity contribution in [1.82, 2.24) is 10.3 Å². The molecule has 6 nitrogen and oxygen atoms in total. The smallest absolute Gasteiger partial charge is 0.320 e. The first-order chi connectivity index (χ1) is 8.88. The van der Waals surface area contributed by atoms with Crippen molar-refractivity contribution >= 4 is 28.3 Å². The third-order valence-corrected chi connectivity index (χ3v) is 3.18. The molecule has 3 N–H and O–H groups in total. The Kier molecular flexibility index (Phi) is 5.91. The number of carbonyl (C=O) groups excluding carboxylic acids is 1. The number of aliphatic carboxylic acids is 1. The highest BCUT2D eigenvalue weighted by molar-refractivity contribution is 7.13. The molecule has 0 saturated heterocycles. The van der Waals surface area contributed by atoms with Crippen LogP contribution in [0.25, 0.3) is 0 Å². The van der Waals surface area contributed by atoms with Crippen LogP contribution in [0.3, 0.4) is 0 Å². The number of anilines is 1. The van der Waals surface area contributed by atoms with Gasteiger partial charge in [-0.3, -0.25) is 14.9 Å². The van der Waals surface area contributed by atoms with Crippen molar-refractivity contribution in [1.29, 1.82) is 0 Å².